The van der Waals surface area contributed by atoms with Gasteiger partial charge in [0.15, 0.2) is 0 Å². The van der Waals surface area contributed by atoms with Gasteiger partial charge in [-0.1, -0.05) is 27.5 Å². The van der Waals surface area contributed by atoms with Gasteiger partial charge >= 0.3 is 0 Å². The number of benzene rings is 1. The third-order valence-corrected chi connectivity index (χ3v) is 5.27. The fourth-order valence-electron chi connectivity index (χ4n) is 1.72. The molecule has 1 saturated carbocycles. The van der Waals surface area contributed by atoms with E-state index in [0.717, 1.165) is 19.3 Å². The second kappa shape index (κ2) is 5.60. The van der Waals surface area contributed by atoms with Crippen LogP contribution in [0.25, 0.3) is 0 Å². The van der Waals surface area contributed by atoms with Gasteiger partial charge in [-0.15, -0.1) is 0 Å². The van der Waals surface area contributed by atoms with Crippen molar-refractivity contribution in [1.29, 1.82) is 0 Å². The Morgan fingerprint density at radius 3 is 2.47 bits per heavy atom. The van der Waals surface area contributed by atoms with Crippen LogP contribution in [0.15, 0.2) is 21.5 Å². The third-order valence-electron chi connectivity index (χ3n) is 2.95. The Balaban J connectivity index is 2.39. The molecule has 0 aromatic heterocycles. The van der Waals surface area contributed by atoms with Crippen LogP contribution in [0.4, 0.5) is 0 Å². The van der Waals surface area contributed by atoms with E-state index in [-0.39, 0.29) is 21.5 Å². The van der Waals surface area contributed by atoms with E-state index in [9.17, 15) is 13.2 Å². The van der Waals surface area contributed by atoms with Crippen LogP contribution >= 0.6 is 38.2 Å². The van der Waals surface area contributed by atoms with Crippen molar-refractivity contribution in [2.45, 2.75) is 30.2 Å². The Morgan fingerprint density at radius 2 is 2.00 bits per heavy atom. The molecule has 8 heteroatoms. The summed E-state index contributed by atoms with van der Waals surface area (Å²) in [6, 6.07) is 2.88. The number of carbonyl (C=O) groups excluding carboxylic acids is 1. The molecule has 1 aliphatic carbocycles. The van der Waals surface area contributed by atoms with Gasteiger partial charge in [-0.25, -0.2) is 8.42 Å². The lowest BCUT2D eigenvalue weighted by Crippen LogP contribution is -2.39. The predicted molar refractivity (Wildman–Crippen MR) is 77.3 cm³/mol. The molecule has 0 bridgehead atoms. The smallest absolute Gasteiger partial charge is 0.262 e. The Bertz CT molecular complexity index is 629. The number of hydrogen-bond acceptors (Lipinski definition) is 3. The molecule has 0 spiro atoms. The van der Waals surface area contributed by atoms with E-state index in [1.165, 1.54) is 12.1 Å². The Hall–Kier alpha value is -0.300. The van der Waals surface area contributed by atoms with Crippen LogP contribution in [-0.2, 0) is 9.05 Å². The average molecular weight is 387 g/mol. The maximum atomic E-state index is 12.0. The highest BCUT2D eigenvalue weighted by Crippen LogP contribution is 2.32. The number of hydrogen-bond donors (Lipinski definition) is 1. The van der Waals surface area contributed by atoms with Crippen molar-refractivity contribution in [3.63, 3.8) is 0 Å². The SMILES string of the molecule is O=C(NC1CCC1)c1cc(Br)cc(S(=O)(=O)Cl)c1Cl. The molecular weight excluding hydrogens is 377 g/mol. The van der Waals surface area contributed by atoms with Crippen molar-refractivity contribution in [2.24, 2.45) is 0 Å². The molecule has 0 radical (unpaired) electrons. The minimum absolute atomic E-state index is 0.0992. The van der Waals surface area contributed by atoms with Crippen LogP contribution in [0.5, 0.6) is 0 Å². The molecule has 0 atom stereocenters. The van der Waals surface area contributed by atoms with Crippen molar-refractivity contribution in [3.05, 3.63) is 27.2 Å². The lowest BCUT2D eigenvalue weighted by molar-refractivity contribution is 0.0917. The van der Waals surface area contributed by atoms with E-state index in [0.29, 0.717) is 4.47 Å². The number of carbonyl (C=O) groups is 1. The lowest BCUT2D eigenvalue weighted by atomic mass is 9.93. The summed E-state index contributed by atoms with van der Waals surface area (Å²) < 4.78 is 23.2. The van der Waals surface area contributed by atoms with Crippen molar-refractivity contribution in [1.82, 2.24) is 5.32 Å². The summed E-state index contributed by atoms with van der Waals surface area (Å²) in [6.07, 6.45) is 2.94. The molecular formula is C11H10BrCl2NO3S. The molecule has 4 nitrogen and oxygen atoms in total. The van der Waals surface area contributed by atoms with E-state index in [1.807, 2.05) is 0 Å². The van der Waals surface area contributed by atoms with Crippen LogP contribution in [0.2, 0.25) is 5.02 Å². The van der Waals surface area contributed by atoms with Crippen molar-refractivity contribution in [2.75, 3.05) is 0 Å². The predicted octanol–water partition coefficient (Wildman–Crippen LogP) is 3.31. The van der Waals surface area contributed by atoms with Gasteiger partial charge in [0.1, 0.15) is 4.90 Å². The van der Waals surface area contributed by atoms with Gasteiger partial charge in [-0.05, 0) is 31.4 Å². The van der Waals surface area contributed by atoms with Crippen LogP contribution in [0, 0.1) is 0 Å². The highest BCUT2D eigenvalue weighted by atomic mass is 79.9. The molecule has 104 valence electrons. The van der Waals surface area contributed by atoms with Gasteiger partial charge in [0, 0.05) is 21.2 Å². The van der Waals surface area contributed by atoms with Gasteiger partial charge in [-0.3, -0.25) is 4.79 Å². The molecule has 0 aliphatic heterocycles. The molecule has 2 rings (SSSR count). The summed E-state index contributed by atoms with van der Waals surface area (Å²) in [4.78, 5) is 11.8. The molecule has 0 unspecified atom stereocenters. The number of nitrogens with one attached hydrogen (secondary N) is 1. The van der Waals surface area contributed by atoms with Crippen LogP contribution < -0.4 is 5.32 Å². The zero-order valence-electron chi connectivity index (χ0n) is 9.62. The Kier molecular flexibility index (Phi) is 4.45. The third kappa shape index (κ3) is 3.42. The molecule has 0 saturated heterocycles. The number of amides is 1. The second-order valence-electron chi connectivity index (χ2n) is 4.30. The van der Waals surface area contributed by atoms with Crippen LogP contribution in [0.1, 0.15) is 29.6 Å². The molecule has 1 fully saturated rings. The summed E-state index contributed by atoms with van der Waals surface area (Å²) >= 11 is 9.10. The quantitative estimate of drug-likeness (QED) is 0.810. The fraction of sp³-hybridized carbons (Fsp3) is 0.364. The summed E-state index contributed by atoms with van der Waals surface area (Å²) in [5.41, 5.74) is 0.0992. The first-order valence-corrected chi connectivity index (χ1v) is 9.01. The van der Waals surface area contributed by atoms with Gasteiger partial charge < -0.3 is 5.32 Å². The Morgan fingerprint density at radius 1 is 1.37 bits per heavy atom. The summed E-state index contributed by atoms with van der Waals surface area (Å²) in [5.74, 6) is -0.391. The van der Waals surface area contributed by atoms with E-state index in [2.05, 4.69) is 21.2 Å². The molecule has 1 N–H and O–H groups in total. The minimum atomic E-state index is -4.00. The topological polar surface area (TPSA) is 63.2 Å². The van der Waals surface area contributed by atoms with Gasteiger partial charge in [0.05, 0.1) is 10.6 Å². The van der Waals surface area contributed by atoms with E-state index >= 15 is 0 Å². The largest absolute Gasteiger partial charge is 0.349 e. The average Bonchev–Trinajstić information content (AvgIpc) is 2.24. The zero-order chi connectivity index (χ0) is 14.2. The first-order chi connectivity index (χ1) is 8.79. The van der Waals surface area contributed by atoms with Crippen molar-refractivity contribution >= 4 is 53.2 Å². The monoisotopic (exact) mass is 385 g/mol. The van der Waals surface area contributed by atoms with E-state index in [1.54, 1.807) is 0 Å². The molecule has 1 amide bonds. The fourth-order valence-corrected chi connectivity index (χ4v) is 3.91. The minimum Gasteiger partial charge on any atom is -0.349 e. The summed E-state index contributed by atoms with van der Waals surface area (Å²) in [6.45, 7) is 0. The normalized spacial score (nSPS) is 15.9. The van der Waals surface area contributed by atoms with Gasteiger partial charge in [0.2, 0.25) is 0 Å². The highest BCUT2D eigenvalue weighted by molar-refractivity contribution is 9.10. The highest BCUT2D eigenvalue weighted by Gasteiger charge is 2.25. The maximum Gasteiger partial charge on any atom is 0.262 e. The maximum absolute atomic E-state index is 12.0. The Labute approximate surface area is 129 Å². The van der Waals surface area contributed by atoms with E-state index in [4.69, 9.17) is 22.3 Å². The lowest BCUT2D eigenvalue weighted by Gasteiger charge is -2.26. The second-order valence-corrected chi connectivity index (χ2v) is 8.13. The van der Waals surface area contributed by atoms with Gasteiger partial charge in [-0.2, -0.15) is 0 Å². The van der Waals surface area contributed by atoms with Gasteiger partial charge in [0.25, 0.3) is 15.0 Å². The standard InChI is InChI=1S/C11H10BrCl2NO3S/c12-6-4-8(11(16)15-7-2-1-3-7)10(13)9(5-6)19(14,17)18/h4-5,7H,1-3H2,(H,15,16). The molecule has 1 aromatic carbocycles. The summed E-state index contributed by atoms with van der Waals surface area (Å²) in [5, 5.41) is 2.64. The first kappa shape index (κ1) is 15.1. The number of rotatable bonds is 3. The molecule has 1 aromatic rings. The van der Waals surface area contributed by atoms with Crippen molar-refractivity contribution in [3.8, 4) is 0 Å². The van der Waals surface area contributed by atoms with Crippen LogP contribution in [-0.4, -0.2) is 20.4 Å². The van der Waals surface area contributed by atoms with Crippen LogP contribution in [0.3, 0.4) is 0 Å². The molecule has 1 aliphatic rings. The molecule has 19 heavy (non-hydrogen) atoms. The number of halogens is 3. The zero-order valence-corrected chi connectivity index (χ0v) is 13.5. The van der Waals surface area contributed by atoms with E-state index < -0.39 is 15.0 Å². The molecule has 0 heterocycles. The summed E-state index contributed by atoms with van der Waals surface area (Å²) in [7, 11) is 1.29. The first-order valence-electron chi connectivity index (χ1n) is 5.53. The van der Waals surface area contributed by atoms with Crippen molar-refractivity contribution < 1.29 is 13.2 Å².